The minimum atomic E-state index is -1.62. The normalized spacial score (nSPS) is 12.8. The molecule has 0 aromatic carbocycles. The van der Waals surface area contributed by atoms with Crippen molar-refractivity contribution in [2.45, 2.75) is 367 Å². The van der Waals surface area contributed by atoms with E-state index in [1.807, 2.05) is 21.1 Å². The lowest BCUT2D eigenvalue weighted by Crippen LogP contribution is -2.44. The van der Waals surface area contributed by atoms with Crippen LogP contribution < -0.4 is 5.11 Å². The fourth-order valence-corrected chi connectivity index (χ4v) is 10.6. The second-order valence-corrected chi connectivity index (χ2v) is 25.2. The second-order valence-electron chi connectivity index (χ2n) is 25.2. The highest BCUT2D eigenvalue weighted by atomic mass is 16.7. The lowest BCUT2D eigenvalue weighted by Gasteiger charge is -2.26. The molecule has 472 valence electrons. The van der Waals surface area contributed by atoms with Crippen LogP contribution in [0.4, 0.5) is 0 Å². The highest BCUT2D eigenvalue weighted by Crippen LogP contribution is 2.19. The van der Waals surface area contributed by atoms with Gasteiger partial charge in [-0.15, -0.1) is 0 Å². The molecular formula is C71H135NO8. The van der Waals surface area contributed by atoms with Crippen molar-refractivity contribution in [3.8, 4) is 0 Å². The minimum Gasteiger partial charge on any atom is -0.545 e. The lowest BCUT2D eigenvalue weighted by atomic mass is 10.0. The quantitative estimate of drug-likeness (QED) is 0.0195. The van der Waals surface area contributed by atoms with Gasteiger partial charge in [-0.1, -0.05) is 321 Å². The van der Waals surface area contributed by atoms with Crippen molar-refractivity contribution in [1.82, 2.24) is 0 Å². The Morgan fingerprint density at radius 1 is 0.375 bits per heavy atom. The van der Waals surface area contributed by atoms with E-state index in [0.29, 0.717) is 17.4 Å². The zero-order valence-corrected chi connectivity index (χ0v) is 54.0. The SMILES string of the molecule is CCCCCCC/C=C\C/C=C\CCCCCCCCCCCCCCCCCC(=O)OC(COC(=O)CCCCCCCCCCCCCCCCCCCCCCCCCCCCCC)COC(OCC[N+](C)(C)C)C(=O)[O-]. The number of carboxylic acids is 1. The molecule has 0 spiro atoms. The largest absolute Gasteiger partial charge is 0.545 e. The molecule has 0 amide bonds. The van der Waals surface area contributed by atoms with Gasteiger partial charge in [0, 0.05) is 12.8 Å². The first kappa shape index (κ1) is 77.8. The molecule has 2 atom stereocenters. The average molecular weight is 1130 g/mol. The molecule has 0 saturated heterocycles. The maximum atomic E-state index is 12.9. The number of esters is 2. The molecule has 0 rings (SSSR count). The summed E-state index contributed by atoms with van der Waals surface area (Å²) in [5.41, 5.74) is 0. The van der Waals surface area contributed by atoms with Gasteiger partial charge in [0.25, 0.3) is 0 Å². The second kappa shape index (κ2) is 62.8. The van der Waals surface area contributed by atoms with Crippen molar-refractivity contribution >= 4 is 17.9 Å². The zero-order chi connectivity index (χ0) is 58.3. The number of nitrogens with zero attached hydrogens (tertiary/aromatic N) is 1. The van der Waals surface area contributed by atoms with Crippen LogP contribution in [0.1, 0.15) is 354 Å². The Bertz CT molecular complexity index is 1360. The van der Waals surface area contributed by atoms with Gasteiger partial charge in [-0.3, -0.25) is 9.59 Å². The minimum absolute atomic E-state index is 0.151. The van der Waals surface area contributed by atoms with Gasteiger partial charge in [0.15, 0.2) is 12.4 Å². The summed E-state index contributed by atoms with van der Waals surface area (Å²) in [5, 5.41) is 11.8. The summed E-state index contributed by atoms with van der Waals surface area (Å²) in [6, 6.07) is 0. The van der Waals surface area contributed by atoms with Crippen LogP contribution in [0.3, 0.4) is 0 Å². The molecule has 0 aliphatic rings. The summed E-state index contributed by atoms with van der Waals surface area (Å²) >= 11 is 0. The van der Waals surface area contributed by atoms with Crippen molar-refractivity contribution in [2.24, 2.45) is 0 Å². The smallest absolute Gasteiger partial charge is 0.306 e. The molecule has 0 radical (unpaired) electrons. The number of unbranched alkanes of at least 4 members (excludes halogenated alkanes) is 47. The molecule has 0 aromatic rings. The highest BCUT2D eigenvalue weighted by Gasteiger charge is 2.22. The number of allylic oxidation sites excluding steroid dienone is 4. The van der Waals surface area contributed by atoms with E-state index in [1.54, 1.807) is 0 Å². The van der Waals surface area contributed by atoms with Crippen molar-refractivity contribution in [3.05, 3.63) is 24.3 Å². The molecule has 0 aliphatic heterocycles. The Labute approximate surface area is 497 Å². The molecule has 0 saturated carbocycles. The molecular weight excluding hydrogens is 995 g/mol. The van der Waals surface area contributed by atoms with Crippen LogP contribution in [-0.2, 0) is 33.3 Å². The van der Waals surface area contributed by atoms with Crippen molar-refractivity contribution < 1.29 is 42.9 Å². The molecule has 0 bridgehead atoms. The van der Waals surface area contributed by atoms with Gasteiger partial charge in [0.1, 0.15) is 13.2 Å². The number of rotatable bonds is 66. The molecule has 0 N–H and O–H groups in total. The lowest BCUT2D eigenvalue weighted by molar-refractivity contribution is -0.870. The monoisotopic (exact) mass is 1130 g/mol. The van der Waals surface area contributed by atoms with Gasteiger partial charge in [-0.05, 0) is 44.9 Å². The fourth-order valence-electron chi connectivity index (χ4n) is 10.6. The third-order valence-electron chi connectivity index (χ3n) is 16.0. The van der Waals surface area contributed by atoms with Crippen LogP contribution in [0.15, 0.2) is 24.3 Å². The van der Waals surface area contributed by atoms with E-state index in [1.165, 1.54) is 283 Å². The van der Waals surface area contributed by atoms with Crippen LogP contribution in [0.25, 0.3) is 0 Å². The van der Waals surface area contributed by atoms with Crippen molar-refractivity contribution in [3.63, 3.8) is 0 Å². The summed E-state index contributed by atoms with van der Waals surface area (Å²) in [6.45, 7) is 4.81. The van der Waals surface area contributed by atoms with Gasteiger partial charge in [0.05, 0.1) is 40.3 Å². The van der Waals surface area contributed by atoms with Crippen molar-refractivity contribution in [1.29, 1.82) is 0 Å². The number of likely N-dealkylation sites (N-methyl/N-ethyl adjacent to an activating group) is 1. The molecule has 0 aliphatic carbocycles. The van der Waals surface area contributed by atoms with Crippen LogP contribution in [0.2, 0.25) is 0 Å². The highest BCUT2D eigenvalue weighted by molar-refractivity contribution is 5.70. The van der Waals surface area contributed by atoms with E-state index in [-0.39, 0.29) is 32.2 Å². The summed E-state index contributed by atoms with van der Waals surface area (Å²) in [5.74, 6) is -2.25. The Kier molecular flexibility index (Phi) is 61.1. The van der Waals surface area contributed by atoms with Gasteiger partial charge in [-0.25, -0.2) is 0 Å². The third kappa shape index (κ3) is 63.4. The molecule has 2 unspecified atom stereocenters. The average Bonchev–Trinajstić information content (AvgIpc) is 3.43. The van der Waals surface area contributed by atoms with E-state index < -0.39 is 24.3 Å². The topological polar surface area (TPSA) is 111 Å². The van der Waals surface area contributed by atoms with Crippen LogP contribution in [-0.4, -0.2) is 82.3 Å². The molecule has 80 heavy (non-hydrogen) atoms. The first-order chi connectivity index (χ1) is 39.1. The maximum Gasteiger partial charge on any atom is 0.306 e. The number of hydrogen-bond donors (Lipinski definition) is 0. The zero-order valence-electron chi connectivity index (χ0n) is 54.0. The van der Waals surface area contributed by atoms with E-state index in [9.17, 15) is 19.5 Å². The molecule has 0 fully saturated rings. The summed E-state index contributed by atoms with van der Waals surface area (Å²) in [6.07, 6.45) is 74.0. The number of carboxylic acid groups (broad SMARTS) is 1. The molecule has 9 nitrogen and oxygen atoms in total. The van der Waals surface area contributed by atoms with E-state index in [4.69, 9.17) is 18.9 Å². The van der Waals surface area contributed by atoms with E-state index in [0.717, 1.165) is 44.9 Å². The Hall–Kier alpha value is -2.23. The number of carbonyl (C=O) groups is 3. The molecule has 0 aromatic heterocycles. The van der Waals surface area contributed by atoms with E-state index in [2.05, 4.69) is 38.2 Å². The number of ether oxygens (including phenoxy) is 4. The maximum absolute atomic E-state index is 12.9. The summed E-state index contributed by atoms with van der Waals surface area (Å²) in [7, 11) is 5.94. The molecule has 9 heteroatoms. The number of aliphatic carboxylic acids is 1. The van der Waals surface area contributed by atoms with Gasteiger partial charge >= 0.3 is 11.9 Å². The number of quaternary nitrogens is 1. The standard InChI is InChI=1S/C71H135NO8/c1-6-8-10-12-14-16-18-20-22-24-26-28-30-32-34-36-37-39-41-43-45-47-49-51-53-55-57-59-61-68(73)78-65-67(66-79-71(70(75)76)77-64-63-72(3,4)5)80-69(74)62-60-58-56-54-52-50-48-46-44-42-40-38-35-33-31-29-27-25-23-21-19-17-15-13-11-9-7-2/h19,21,25,27,67,71H,6-18,20,22-24,26,28-66H2,1-5H3/b21-19-,27-25-. The predicted octanol–water partition coefficient (Wildman–Crippen LogP) is 20.1. The predicted molar refractivity (Wildman–Crippen MR) is 339 cm³/mol. The summed E-state index contributed by atoms with van der Waals surface area (Å²) in [4.78, 5) is 37.5. The van der Waals surface area contributed by atoms with E-state index >= 15 is 0 Å². The van der Waals surface area contributed by atoms with Crippen LogP contribution in [0, 0.1) is 0 Å². The van der Waals surface area contributed by atoms with Gasteiger partial charge in [0.2, 0.25) is 0 Å². The first-order valence-corrected chi connectivity index (χ1v) is 35.0. The third-order valence-corrected chi connectivity index (χ3v) is 16.0. The Morgan fingerprint density at radius 3 is 0.988 bits per heavy atom. The van der Waals surface area contributed by atoms with Gasteiger partial charge in [-0.2, -0.15) is 0 Å². The van der Waals surface area contributed by atoms with Gasteiger partial charge < -0.3 is 33.3 Å². The molecule has 0 heterocycles. The Balaban J connectivity index is 4.07. The summed E-state index contributed by atoms with van der Waals surface area (Å²) < 4.78 is 22.8. The van der Waals surface area contributed by atoms with Crippen LogP contribution in [0.5, 0.6) is 0 Å². The fraction of sp³-hybridized carbons (Fsp3) is 0.901. The number of hydrogen-bond acceptors (Lipinski definition) is 8. The Morgan fingerprint density at radius 2 is 0.675 bits per heavy atom. The van der Waals surface area contributed by atoms with Crippen LogP contribution >= 0.6 is 0 Å². The first-order valence-electron chi connectivity index (χ1n) is 35.0. The van der Waals surface area contributed by atoms with Crippen molar-refractivity contribution in [2.75, 3.05) is 47.5 Å². The number of carbonyl (C=O) groups excluding carboxylic acids is 3.